The molecule has 0 atom stereocenters. The predicted molar refractivity (Wildman–Crippen MR) is 164 cm³/mol. The van der Waals surface area contributed by atoms with E-state index < -0.39 is 52.9 Å². The lowest BCUT2D eigenvalue weighted by Crippen LogP contribution is -2.25. The van der Waals surface area contributed by atoms with Gasteiger partial charge in [0.15, 0.2) is 17.4 Å². The third-order valence-electron chi connectivity index (χ3n) is 9.70. The van der Waals surface area contributed by atoms with Crippen molar-refractivity contribution in [2.24, 2.45) is 17.8 Å². The molecule has 254 valence electrons. The van der Waals surface area contributed by atoms with Gasteiger partial charge >= 0.3 is 6.11 Å². The van der Waals surface area contributed by atoms with Gasteiger partial charge in [0.05, 0.1) is 6.26 Å². The second kappa shape index (κ2) is 15.1. The summed E-state index contributed by atoms with van der Waals surface area (Å²) in [5, 5.41) is 0. The van der Waals surface area contributed by atoms with Crippen molar-refractivity contribution in [3.05, 3.63) is 95.3 Å². The van der Waals surface area contributed by atoms with Crippen molar-refractivity contribution in [2.45, 2.75) is 89.6 Å². The molecule has 3 aromatic carbocycles. The summed E-state index contributed by atoms with van der Waals surface area (Å²) in [7, 11) is 0. The van der Waals surface area contributed by atoms with Gasteiger partial charge in [-0.3, -0.25) is 0 Å². The van der Waals surface area contributed by atoms with E-state index in [2.05, 4.69) is 16.4 Å². The van der Waals surface area contributed by atoms with Crippen LogP contribution in [0.15, 0.2) is 60.9 Å². The number of benzene rings is 3. The summed E-state index contributed by atoms with van der Waals surface area (Å²) < 4.78 is 121. The summed E-state index contributed by atoms with van der Waals surface area (Å²) in [6.07, 6.45) is 5.44. The van der Waals surface area contributed by atoms with E-state index in [1.54, 1.807) is 12.1 Å². The van der Waals surface area contributed by atoms with Gasteiger partial charge in [0, 0.05) is 18.2 Å². The van der Waals surface area contributed by atoms with Crippen molar-refractivity contribution in [3.63, 3.8) is 0 Å². The van der Waals surface area contributed by atoms with Gasteiger partial charge in [0.1, 0.15) is 22.9 Å². The lowest BCUT2D eigenvalue weighted by atomic mass is 9.68. The van der Waals surface area contributed by atoms with Crippen LogP contribution in [-0.2, 0) is 6.11 Å². The van der Waals surface area contributed by atoms with Gasteiger partial charge in [-0.05, 0) is 91.0 Å². The van der Waals surface area contributed by atoms with Crippen LogP contribution in [0.3, 0.4) is 0 Å². The van der Waals surface area contributed by atoms with Gasteiger partial charge in [0.25, 0.3) is 6.43 Å². The van der Waals surface area contributed by atoms with Crippen LogP contribution in [-0.4, -0.2) is 6.43 Å². The maximum atomic E-state index is 15.0. The van der Waals surface area contributed by atoms with Crippen molar-refractivity contribution >= 4 is 0 Å². The van der Waals surface area contributed by atoms with Gasteiger partial charge < -0.3 is 9.47 Å². The quantitative estimate of drug-likeness (QED) is 0.150. The standard InChI is InChI=1S/C37H38F8O2/c1-2-3-22-4-6-23(7-5-22)24-8-10-25(11-9-24)26-12-14-27(15-13-26)28-18-30(38)35(31(39)19-28)37(44,45)47-29-20-32(40)36(33(41)21-29)46-17-16-34(42)43/h12-25,34H,2-11H2,1H3/b17-16+. The molecule has 10 heteroatoms. The third kappa shape index (κ3) is 8.49. The first-order chi connectivity index (χ1) is 22.4. The summed E-state index contributed by atoms with van der Waals surface area (Å²) in [6, 6.07) is 9.31. The average Bonchev–Trinajstić information content (AvgIpc) is 3.02. The maximum Gasteiger partial charge on any atom is 0.432 e. The Hall–Kier alpha value is -3.56. The monoisotopic (exact) mass is 666 g/mol. The summed E-state index contributed by atoms with van der Waals surface area (Å²) in [5.74, 6) is -5.74. The van der Waals surface area contributed by atoms with Crippen LogP contribution >= 0.6 is 0 Å². The van der Waals surface area contributed by atoms with Gasteiger partial charge in [0.2, 0.25) is 0 Å². The van der Waals surface area contributed by atoms with Crippen LogP contribution in [0, 0.1) is 41.0 Å². The predicted octanol–water partition coefficient (Wildman–Crippen LogP) is 12.1. The van der Waals surface area contributed by atoms with Crippen molar-refractivity contribution in [3.8, 4) is 22.6 Å². The van der Waals surface area contributed by atoms with Crippen molar-refractivity contribution in [2.75, 3.05) is 0 Å². The van der Waals surface area contributed by atoms with E-state index in [1.165, 1.54) is 51.4 Å². The molecule has 2 nitrogen and oxygen atoms in total. The van der Waals surface area contributed by atoms with Crippen LogP contribution < -0.4 is 9.47 Å². The van der Waals surface area contributed by atoms with Gasteiger partial charge in [-0.15, -0.1) is 0 Å². The molecule has 0 N–H and O–H groups in total. The number of hydrogen-bond donors (Lipinski definition) is 0. The molecule has 0 radical (unpaired) electrons. The van der Waals surface area contributed by atoms with E-state index in [0.29, 0.717) is 17.7 Å². The molecule has 0 bridgehead atoms. The summed E-state index contributed by atoms with van der Waals surface area (Å²) >= 11 is 0. The minimum absolute atomic E-state index is 0.0314. The highest BCUT2D eigenvalue weighted by Crippen LogP contribution is 2.45. The molecule has 5 rings (SSSR count). The highest BCUT2D eigenvalue weighted by atomic mass is 19.3. The van der Waals surface area contributed by atoms with E-state index in [9.17, 15) is 26.3 Å². The van der Waals surface area contributed by atoms with Crippen LogP contribution in [0.25, 0.3) is 11.1 Å². The molecule has 2 aliphatic rings. The third-order valence-corrected chi connectivity index (χ3v) is 9.70. The van der Waals surface area contributed by atoms with E-state index in [0.717, 1.165) is 48.3 Å². The fourth-order valence-electron chi connectivity index (χ4n) is 7.32. The molecule has 2 saturated carbocycles. The van der Waals surface area contributed by atoms with E-state index >= 15 is 8.78 Å². The van der Waals surface area contributed by atoms with E-state index in [-0.39, 0.29) is 23.8 Å². The second-order valence-electron chi connectivity index (χ2n) is 12.7. The Morgan fingerprint density at radius 3 is 1.83 bits per heavy atom. The van der Waals surface area contributed by atoms with Crippen molar-refractivity contribution in [1.82, 2.24) is 0 Å². The van der Waals surface area contributed by atoms with Crippen molar-refractivity contribution < 1.29 is 44.6 Å². The number of ether oxygens (including phenoxy) is 2. The summed E-state index contributed by atoms with van der Waals surface area (Å²) in [4.78, 5) is 0. The largest absolute Gasteiger partial charge is 0.459 e. The topological polar surface area (TPSA) is 18.5 Å². The zero-order chi connectivity index (χ0) is 33.7. The molecular formula is C37H38F8O2. The van der Waals surface area contributed by atoms with Crippen LogP contribution in [0.4, 0.5) is 35.1 Å². The molecule has 0 aromatic heterocycles. The van der Waals surface area contributed by atoms with E-state index in [1.807, 2.05) is 12.1 Å². The fourth-order valence-corrected chi connectivity index (χ4v) is 7.32. The Morgan fingerprint density at radius 1 is 0.745 bits per heavy atom. The summed E-state index contributed by atoms with van der Waals surface area (Å²) in [6.45, 7) is 2.26. The first kappa shape index (κ1) is 34.8. The lowest BCUT2D eigenvalue weighted by Gasteiger charge is -2.38. The number of rotatable bonds is 11. The molecule has 2 aliphatic carbocycles. The molecule has 0 heterocycles. The second-order valence-corrected chi connectivity index (χ2v) is 12.7. The first-order valence-electron chi connectivity index (χ1n) is 16.2. The Balaban J connectivity index is 1.22. The molecule has 0 amide bonds. The molecular weight excluding hydrogens is 628 g/mol. The normalized spacial score (nSPS) is 22.2. The zero-order valence-corrected chi connectivity index (χ0v) is 26.1. The Bertz CT molecular complexity index is 1480. The first-order valence-corrected chi connectivity index (χ1v) is 16.2. The minimum Gasteiger partial charge on any atom is -0.459 e. The van der Waals surface area contributed by atoms with Gasteiger partial charge in [-0.2, -0.15) is 8.78 Å². The zero-order valence-electron chi connectivity index (χ0n) is 26.1. The molecule has 47 heavy (non-hydrogen) atoms. The molecule has 0 spiro atoms. The fraction of sp³-hybridized carbons (Fsp3) is 0.459. The number of alkyl halides is 4. The van der Waals surface area contributed by atoms with Gasteiger partial charge in [-0.25, -0.2) is 26.3 Å². The average molecular weight is 667 g/mol. The Kier molecular flexibility index (Phi) is 11.2. The Labute approximate surface area is 269 Å². The molecule has 0 unspecified atom stereocenters. The minimum atomic E-state index is -4.67. The molecule has 0 aliphatic heterocycles. The van der Waals surface area contributed by atoms with Gasteiger partial charge in [-0.1, -0.05) is 56.9 Å². The number of hydrogen-bond acceptors (Lipinski definition) is 2. The number of allylic oxidation sites excluding steroid dienone is 1. The highest BCUT2D eigenvalue weighted by Gasteiger charge is 2.41. The number of halogens is 8. The maximum absolute atomic E-state index is 15.0. The van der Waals surface area contributed by atoms with E-state index in [4.69, 9.17) is 0 Å². The smallest absolute Gasteiger partial charge is 0.432 e. The van der Waals surface area contributed by atoms with Crippen LogP contribution in [0.2, 0.25) is 0 Å². The highest BCUT2D eigenvalue weighted by molar-refractivity contribution is 5.64. The van der Waals surface area contributed by atoms with Crippen molar-refractivity contribution in [1.29, 1.82) is 0 Å². The van der Waals surface area contributed by atoms with Crippen LogP contribution in [0.5, 0.6) is 11.5 Å². The van der Waals surface area contributed by atoms with Crippen LogP contribution in [0.1, 0.15) is 88.2 Å². The SMILES string of the molecule is CCCC1CCC(C2CCC(c3ccc(-c4cc(F)c(C(F)(F)Oc5cc(F)c(O/C=C/C(F)F)c(F)c5)c(F)c4)cc3)CC2)CC1. The molecule has 0 saturated heterocycles. The lowest BCUT2D eigenvalue weighted by molar-refractivity contribution is -0.189. The summed E-state index contributed by atoms with van der Waals surface area (Å²) in [5.41, 5.74) is -0.142. The molecule has 2 fully saturated rings. The Morgan fingerprint density at radius 2 is 1.30 bits per heavy atom. The molecule has 3 aromatic rings.